The molecule has 3 atom stereocenters. The Morgan fingerprint density at radius 3 is 0.797 bits per heavy atom. The zero-order valence-electron chi connectivity index (χ0n) is 69.0. The van der Waals surface area contributed by atoms with Crippen LogP contribution in [0.5, 0.6) is 23.0 Å². The van der Waals surface area contributed by atoms with Crippen molar-refractivity contribution in [1.29, 1.82) is 0 Å². The Bertz CT molecular complexity index is 6490. The second-order valence-electron chi connectivity index (χ2n) is 28.5. The number of hydrogen-bond donors (Lipinski definition) is 12. The van der Waals surface area contributed by atoms with E-state index in [1.54, 1.807) is 204 Å². The number of aryl methyl sites for hydroxylation is 4. The summed E-state index contributed by atoms with van der Waals surface area (Å²) in [6, 6.07) is 68.3. The molecule has 0 spiro atoms. The number of anilines is 8. The summed E-state index contributed by atoms with van der Waals surface area (Å²) in [6.45, 7) is 11.2. The van der Waals surface area contributed by atoms with E-state index in [-0.39, 0.29) is 115 Å². The van der Waals surface area contributed by atoms with E-state index in [1.807, 2.05) is 0 Å². The summed E-state index contributed by atoms with van der Waals surface area (Å²) in [7, 11) is -15.7. The highest BCUT2D eigenvalue weighted by Gasteiger charge is 2.35. The Kier molecular flexibility index (Phi) is 33.5. The van der Waals surface area contributed by atoms with E-state index in [1.165, 1.54) is 86.6 Å². The highest BCUT2D eigenvalue weighted by Crippen LogP contribution is 2.40. The van der Waals surface area contributed by atoms with Gasteiger partial charge >= 0.3 is 0 Å². The quantitative estimate of drug-likeness (QED) is 0.0236. The lowest BCUT2D eigenvalue weighted by atomic mass is 10.2. The number of halogens is 4. The van der Waals surface area contributed by atoms with Gasteiger partial charge in [-0.05, 0) is 192 Å². The number of phenols is 4. The number of sulfone groups is 4. The van der Waals surface area contributed by atoms with Crippen molar-refractivity contribution in [3.8, 4) is 23.0 Å². The second kappa shape index (κ2) is 43.6. The van der Waals surface area contributed by atoms with Gasteiger partial charge in [0.05, 0.1) is 85.2 Å². The van der Waals surface area contributed by atoms with E-state index in [0.717, 1.165) is 46.5 Å². The first-order valence-electron chi connectivity index (χ1n) is 38.5. The molecule has 0 fully saturated rings. The van der Waals surface area contributed by atoms with Gasteiger partial charge in [-0.1, -0.05) is 175 Å². The minimum absolute atomic E-state index is 0.0122. The highest BCUT2D eigenvalue weighted by molar-refractivity contribution is 7.93. The van der Waals surface area contributed by atoms with Crippen LogP contribution in [0.1, 0.15) is 90.9 Å². The SMILES string of the molecule is CCC(C(=O)Nc1cc(O)c(NC(=O)c2ccccc2)cc1Cl)S(=O)(=O)c1cccc(C)c1.Cc1cccc(S(=O)(=O)C(C)C(=O)Nc2cc(O)c(NC(=O)c3ccccc3)cc2Cl)c1.Cc1cccc(S(=O)(=O)C(C)C(=O)Nc2cc(O)c(NC(=O)c3ccccc3)cc2Cl)c1.Cc1cccc(S(=O)(=O)CC(=O)Nc2cc(O)c(NC(=O)c3ccccc3)cc2Cl)c1. The summed E-state index contributed by atoms with van der Waals surface area (Å²) in [4.78, 5) is 99.8. The number of rotatable bonds is 25. The molecule has 0 aliphatic heterocycles. The van der Waals surface area contributed by atoms with Crippen molar-refractivity contribution < 1.29 is 92.5 Å². The summed E-state index contributed by atoms with van der Waals surface area (Å²) in [5, 5.41) is 56.9. The van der Waals surface area contributed by atoms with Crippen LogP contribution in [-0.2, 0) is 58.5 Å². The van der Waals surface area contributed by atoms with Gasteiger partial charge in [0.2, 0.25) is 23.6 Å². The molecule has 0 aliphatic carbocycles. The normalized spacial score (nSPS) is 11.8. The van der Waals surface area contributed by atoms with Crippen molar-refractivity contribution in [2.45, 2.75) is 90.2 Å². The number of phenolic OH excluding ortho intramolecular Hbond substituents is 4. The summed E-state index contributed by atoms with van der Waals surface area (Å²) >= 11 is 24.8. The molecule has 12 aromatic carbocycles. The van der Waals surface area contributed by atoms with Gasteiger partial charge in [0, 0.05) is 46.5 Å². The molecule has 0 aliphatic rings. The van der Waals surface area contributed by atoms with Crippen LogP contribution < -0.4 is 42.5 Å². The molecule has 0 radical (unpaired) electrons. The molecule has 3 unspecified atom stereocenters. The first-order chi connectivity index (χ1) is 60.5. The lowest BCUT2D eigenvalue weighted by molar-refractivity contribution is -0.116. The zero-order chi connectivity index (χ0) is 93.7. The van der Waals surface area contributed by atoms with Crippen LogP contribution >= 0.6 is 46.4 Å². The van der Waals surface area contributed by atoms with Crippen molar-refractivity contribution in [1.82, 2.24) is 0 Å². The minimum Gasteiger partial charge on any atom is -0.506 e. The van der Waals surface area contributed by atoms with Crippen molar-refractivity contribution in [3.63, 3.8) is 0 Å². The van der Waals surface area contributed by atoms with E-state index in [0.29, 0.717) is 22.3 Å². The van der Waals surface area contributed by atoms with Crippen molar-refractivity contribution in [2.75, 3.05) is 48.3 Å². The van der Waals surface area contributed by atoms with Gasteiger partial charge in [0.25, 0.3) is 23.6 Å². The Hall–Kier alpha value is -13.4. The maximum absolute atomic E-state index is 13.0. The molecule has 28 nitrogen and oxygen atoms in total. The second-order valence-corrected chi connectivity index (χ2v) is 38.8. The Morgan fingerprint density at radius 2 is 0.531 bits per heavy atom. The summed E-state index contributed by atoms with van der Waals surface area (Å²) in [5.41, 5.74) is 4.79. The smallest absolute Gasteiger partial charge is 0.255 e. The van der Waals surface area contributed by atoms with Gasteiger partial charge in [-0.15, -0.1) is 0 Å². The zero-order valence-corrected chi connectivity index (χ0v) is 75.3. The third-order valence-electron chi connectivity index (χ3n) is 18.9. The number of aromatic hydroxyl groups is 4. The largest absolute Gasteiger partial charge is 0.506 e. The van der Waals surface area contributed by atoms with Crippen molar-refractivity contribution in [2.24, 2.45) is 0 Å². The van der Waals surface area contributed by atoms with Crippen LogP contribution in [0.15, 0.2) is 287 Å². The molecule has 0 saturated heterocycles. The topological polar surface area (TPSA) is 450 Å². The molecular weight excluding hydrogens is 1810 g/mol. The Labute approximate surface area is 758 Å². The molecule has 36 heteroatoms. The summed E-state index contributed by atoms with van der Waals surface area (Å²) < 4.78 is 102. The highest BCUT2D eigenvalue weighted by atomic mass is 35.5. The maximum atomic E-state index is 13.0. The van der Waals surface area contributed by atoms with Crippen LogP contribution in [0, 0.1) is 27.7 Å². The molecule has 128 heavy (non-hydrogen) atoms. The first-order valence-corrected chi connectivity index (χ1v) is 46.3. The fourth-order valence-electron chi connectivity index (χ4n) is 11.9. The van der Waals surface area contributed by atoms with E-state index in [2.05, 4.69) is 42.5 Å². The van der Waals surface area contributed by atoms with Gasteiger partial charge in [0.15, 0.2) is 39.3 Å². The van der Waals surface area contributed by atoms with E-state index in [9.17, 15) is 92.5 Å². The lowest BCUT2D eigenvalue weighted by Crippen LogP contribution is -2.34. The standard InChI is InChI=1S/C24H23ClN2O5S.2C23H21ClN2O5S.C22H19ClN2O5S/c1-3-22(33(31,32)17-11-7-8-15(2)12-17)24(30)26-19-14-21(28)20(13-18(19)25)27-23(29)16-9-5-4-6-10-16;2*1-14-7-6-10-17(11-14)32(30,31)15(2)22(28)25-19-13-21(27)20(12-18(19)24)26-23(29)16-8-4-3-5-9-16;1-14-6-5-9-16(10-14)31(29,30)13-21(27)24-18-12-20(26)19(11-17(18)23)25-22(28)15-7-3-2-4-8-15/h4-14,22,28H,3H2,1-2H3,(H,26,30)(H,27,29);2*3-13,15,27H,1-2H3,(H,25,28)(H,26,29);2-12,26H,13H2,1H3,(H,24,27)(H,25,28). The van der Waals surface area contributed by atoms with Crippen molar-refractivity contribution in [3.05, 3.63) is 332 Å². The fraction of sp³-hybridized carbons (Fsp3) is 0.130. The van der Waals surface area contributed by atoms with Gasteiger partial charge in [0.1, 0.15) is 44.5 Å². The maximum Gasteiger partial charge on any atom is 0.255 e. The molecule has 0 saturated carbocycles. The molecule has 0 bridgehead atoms. The minimum atomic E-state index is -3.95. The molecule has 8 amide bonds. The molecule has 12 N–H and O–H groups in total. The molecule has 0 heterocycles. The average Bonchev–Trinajstić information content (AvgIpc) is 0.788. The predicted octanol–water partition coefficient (Wildman–Crippen LogP) is 17.6. The number of nitrogens with one attached hydrogen (secondary N) is 8. The van der Waals surface area contributed by atoms with Crippen molar-refractivity contribution >= 4 is 179 Å². The predicted molar refractivity (Wildman–Crippen MR) is 496 cm³/mol. The number of amides is 8. The van der Waals surface area contributed by atoms with Crippen LogP contribution in [0.25, 0.3) is 0 Å². The lowest BCUT2D eigenvalue weighted by Gasteiger charge is -2.18. The van der Waals surface area contributed by atoms with Crippen LogP contribution in [-0.4, -0.2) is 123 Å². The number of hydrogen-bond acceptors (Lipinski definition) is 20. The third-order valence-corrected chi connectivity index (χ3v) is 28.0. The number of benzene rings is 12. The number of carbonyl (C=O) groups is 8. The molecule has 0 aromatic heterocycles. The van der Waals surface area contributed by atoms with Gasteiger partial charge in [-0.2, -0.15) is 0 Å². The molecular formula is C92H84Cl4N8O20S4. The monoisotopic (exact) mass is 1890 g/mol. The van der Waals surface area contributed by atoms with Crippen LogP contribution in [0.3, 0.4) is 0 Å². The fourth-order valence-corrected chi connectivity index (χ4v) is 18.4. The summed E-state index contributed by atoms with van der Waals surface area (Å²) in [6.07, 6.45) is 0.0386. The summed E-state index contributed by atoms with van der Waals surface area (Å²) in [5.74, 6) is -7.18. The van der Waals surface area contributed by atoms with Crippen LogP contribution in [0.2, 0.25) is 20.1 Å². The van der Waals surface area contributed by atoms with Gasteiger partial charge < -0.3 is 63.0 Å². The number of carbonyl (C=O) groups excluding carboxylic acids is 8. The van der Waals surface area contributed by atoms with E-state index in [4.69, 9.17) is 46.4 Å². The Balaban J connectivity index is 0.000000193. The first kappa shape index (κ1) is 98.4. The molecule has 664 valence electrons. The molecule has 12 aromatic rings. The van der Waals surface area contributed by atoms with E-state index >= 15 is 0 Å². The van der Waals surface area contributed by atoms with Gasteiger partial charge in [-0.25, -0.2) is 33.7 Å². The third kappa shape index (κ3) is 26.1. The Morgan fingerprint density at radius 1 is 0.289 bits per heavy atom. The van der Waals surface area contributed by atoms with Gasteiger partial charge in [-0.3, -0.25) is 38.4 Å². The average molecular weight is 1890 g/mol. The van der Waals surface area contributed by atoms with Crippen LogP contribution in [0.4, 0.5) is 45.5 Å². The molecule has 12 rings (SSSR count). The van der Waals surface area contributed by atoms with E-state index < -0.39 is 108 Å².